The standard InChI is InChI=1S/C12H14FNO2/c13-11-7-9(14-8-15)5-6-12(11)16-10-3-1-2-4-10/h5-8,10H,1-4H2,(H,14,15). The SMILES string of the molecule is O=CNc1ccc(OC2CCCC2)c(F)c1. The number of hydrogen-bond acceptors (Lipinski definition) is 2. The maximum atomic E-state index is 13.5. The Morgan fingerprint density at radius 3 is 2.75 bits per heavy atom. The lowest BCUT2D eigenvalue weighted by atomic mass is 10.2. The third-order valence-electron chi connectivity index (χ3n) is 2.75. The molecule has 1 aromatic rings. The predicted molar refractivity (Wildman–Crippen MR) is 59.0 cm³/mol. The molecule has 4 heteroatoms. The molecule has 1 aliphatic carbocycles. The molecule has 0 heterocycles. The van der Waals surface area contributed by atoms with Gasteiger partial charge in [-0.05, 0) is 37.8 Å². The van der Waals surface area contributed by atoms with E-state index < -0.39 is 5.82 Å². The zero-order valence-corrected chi connectivity index (χ0v) is 8.91. The molecule has 3 nitrogen and oxygen atoms in total. The summed E-state index contributed by atoms with van der Waals surface area (Å²) in [5.41, 5.74) is 0.436. The Morgan fingerprint density at radius 2 is 2.12 bits per heavy atom. The highest BCUT2D eigenvalue weighted by Gasteiger charge is 2.18. The van der Waals surface area contributed by atoms with Gasteiger partial charge in [0.2, 0.25) is 6.41 Å². The van der Waals surface area contributed by atoms with Gasteiger partial charge in [-0.3, -0.25) is 4.79 Å². The number of amides is 1. The quantitative estimate of drug-likeness (QED) is 0.797. The normalized spacial score (nSPS) is 16.1. The Labute approximate surface area is 93.6 Å². The van der Waals surface area contributed by atoms with Crippen LogP contribution >= 0.6 is 0 Å². The predicted octanol–water partition coefficient (Wildman–Crippen LogP) is 2.72. The summed E-state index contributed by atoms with van der Waals surface area (Å²) in [6.45, 7) is 0. The molecular weight excluding hydrogens is 209 g/mol. The molecule has 1 aromatic carbocycles. The number of nitrogens with one attached hydrogen (secondary N) is 1. The highest BCUT2D eigenvalue weighted by molar-refractivity contribution is 5.71. The number of anilines is 1. The third kappa shape index (κ3) is 2.51. The first-order valence-electron chi connectivity index (χ1n) is 5.46. The van der Waals surface area contributed by atoms with E-state index >= 15 is 0 Å². The highest BCUT2D eigenvalue weighted by atomic mass is 19.1. The molecule has 1 saturated carbocycles. The fourth-order valence-electron chi connectivity index (χ4n) is 1.94. The second-order valence-corrected chi connectivity index (χ2v) is 3.93. The zero-order chi connectivity index (χ0) is 11.4. The molecule has 0 saturated heterocycles. The number of halogens is 1. The van der Waals surface area contributed by atoms with Crippen molar-refractivity contribution in [3.05, 3.63) is 24.0 Å². The molecule has 1 aliphatic rings. The van der Waals surface area contributed by atoms with Crippen LogP contribution in [0.1, 0.15) is 25.7 Å². The molecule has 0 aliphatic heterocycles. The van der Waals surface area contributed by atoms with Gasteiger partial charge in [-0.2, -0.15) is 0 Å². The van der Waals surface area contributed by atoms with Crippen LogP contribution in [0.3, 0.4) is 0 Å². The number of rotatable bonds is 4. The summed E-state index contributed by atoms with van der Waals surface area (Å²) in [7, 11) is 0. The molecule has 0 bridgehead atoms. The van der Waals surface area contributed by atoms with E-state index in [2.05, 4.69) is 5.32 Å². The maximum absolute atomic E-state index is 13.5. The van der Waals surface area contributed by atoms with E-state index in [9.17, 15) is 9.18 Å². The van der Waals surface area contributed by atoms with Crippen molar-refractivity contribution >= 4 is 12.1 Å². The van der Waals surface area contributed by atoms with Gasteiger partial charge < -0.3 is 10.1 Å². The second kappa shape index (κ2) is 4.96. The van der Waals surface area contributed by atoms with Gasteiger partial charge in [0.15, 0.2) is 11.6 Å². The molecular formula is C12H14FNO2. The number of carbonyl (C=O) groups excluding carboxylic acids is 1. The first-order chi connectivity index (χ1) is 7.79. The Kier molecular flexibility index (Phi) is 3.39. The molecule has 1 N–H and O–H groups in total. The van der Waals surface area contributed by atoms with Crippen molar-refractivity contribution in [2.75, 3.05) is 5.32 Å². The van der Waals surface area contributed by atoms with Gasteiger partial charge >= 0.3 is 0 Å². The van der Waals surface area contributed by atoms with E-state index in [0.29, 0.717) is 12.1 Å². The minimum Gasteiger partial charge on any atom is -0.487 e. The summed E-state index contributed by atoms with van der Waals surface area (Å²) in [6, 6.07) is 4.44. The van der Waals surface area contributed by atoms with Crippen molar-refractivity contribution in [2.45, 2.75) is 31.8 Å². The summed E-state index contributed by atoms with van der Waals surface area (Å²) in [5.74, 6) is -0.165. The van der Waals surface area contributed by atoms with E-state index in [4.69, 9.17) is 4.74 Å². The minimum atomic E-state index is -0.432. The van der Waals surface area contributed by atoms with Gasteiger partial charge in [0, 0.05) is 11.8 Å². The lowest BCUT2D eigenvalue weighted by molar-refractivity contribution is -0.105. The molecule has 0 atom stereocenters. The summed E-state index contributed by atoms with van der Waals surface area (Å²) in [5, 5.41) is 2.39. The van der Waals surface area contributed by atoms with Crippen LogP contribution in [0.5, 0.6) is 5.75 Å². The van der Waals surface area contributed by atoms with Crippen LogP contribution < -0.4 is 10.1 Å². The molecule has 2 rings (SSSR count). The van der Waals surface area contributed by atoms with Crippen LogP contribution in [0.15, 0.2) is 18.2 Å². The topological polar surface area (TPSA) is 38.3 Å². The summed E-state index contributed by atoms with van der Waals surface area (Å²) >= 11 is 0. The number of ether oxygens (including phenoxy) is 1. The maximum Gasteiger partial charge on any atom is 0.211 e. The molecule has 0 spiro atoms. The highest BCUT2D eigenvalue weighted by Crippen LogP contribution is 2.27. The van der Waals surface area contributed by atoms with Crippen LogP contribution in [0, 0.1) is 5.82 Å². The summed E-state index contributed by atoms with van der Waals surface area (Å²) < 4.78 is 19.1. The summed E-state index contributed by atoms with van der Waals surface area (Å²) in [4.78, 5) is 10.2. The van der Waals surface area contributed by atoms with E-state index in [1.165, 1.54) is 6.07 Å². The number of hydrogen-bond donors (Lipinski definition) is 1. The summed E-state index contributed by atoms with van der Waals surface area (Å²) in [6.07, 6.45) is 4.95. The van der Waals surface area contributed by atoms with Gasteiger partial charge in [0.05, 0.1) is 6.10 Å². The van der Waals surface area contributed by atoms with Gasteiger partial charge in [0.25, 0.3) is 0 Å². The molecule has 0 unspecified atom stereocenters. The second-order valence-electron chi connectivity index (χ2n) is 3.93. The first kappa shape index (κ1) is 10.9. The van der Waals surface area contributed by atoms with E-state index in [-0.39, 0.29) is 11.9 Å². The lowest BCUT2D eigenvalue weighted by Gasteiger charge is -2.13. The third-order valence-corrected chi connectivity index (χ3v) is 2.75. The van der Waals surface area contributed by atoms with Crippen molar-refractivity contribution in [1.29, 1.82) is 0 Å². The Balaban J connectivity index is 2.06. The van der Waals surface area contributed by atoms with Crippen LogP contribution in [-0.4, -0.2) is 12.5 Å². The average Bonchev–Trinajstić information content (AvgIpc) is 2.75. The molecule has 1 amide bonds. The fraction of sp³-hybridized carbons (Fsp3) is 0.417. The van der Waals surface area contributed by atoms with Crippen molar-refractivity contribution in [2.24, 2.45) is 0 Å². The van der Waals surface area contributed by atoms with E-state index in [1.54, 1.807) is 12.1 Å². The minimum absolute atomic E-state index is 0.138. The fourth-order valence-corrected chi connectivity index (χ4v) is 1.94. The van der Waals surface area contributed by atoms with E-state index in [1.807, 2.05) is 0 Å². The largest absolute Gasteiger partial charge is 0.487 e. The van der Waals surface area contributed by atoms with Crippen molar-refractivity contribution < 1.29 is 13.9 Å². The van der Waals surface area contributed by atoms with Crippen molar-refractivity contribution in [3.8, 4) is 5.75 Å². The van der Waals surface area contributed by atoms with E-state index in [0.717, 1.165) is 25.7 Å². The van der Waals surface area contributed by atoms with Crippen LogP contribution in [0.2, 0.25) is 0 Å². The van der Waals surface area contributed by atoms with Gasteiger partial charge in [0.1, 0.15) is 0 Å². The number of benzene rings is 1. The first-order valence-corrected chi connectivity index (χ1v) is 5.46. The van der Waals surface area contributed by atoms with Gasteiger partial charge in [-0.1, -0.05) is 0 Å². The Bertz CT molecular complexity index is 375. The zero-order valence-electron chi connectivity index (χ0n) is 8.91. The van der Waals surface area contributed by atoms with Gasteiger partial charge in [-0.25, -0.2) is 4.39 Å². The molecule has 1 fully saturated rings. The molecule has 0 aromatic heterocycles. The average molecular weight is 223 g/mol. The Morgan fingerprint density at radius 1 is 1.38 bits per heavy atom. The lowest BCUT2D eigenvalue weighted by Crippen LogP contribution is -2.11. The molecule has 86 valence electrons. The van der Waals surface area contributed by atoms with Crippen molar-refractivity contribution in [1.82, 2.24) is 0 Å². The van der Waals surface area contributed by atoms with Crippen molar-refractivity contribution in [3.63, 3.8) is 0 Å². The molecule has 16 heavy (non-hydrogen) atoms. The molecule has 0 radical (unpaired) electrons. The van der Waals surface area contributed by atoms with Crippen LogP contribution in [-0.2, 0) is 4.79 Å². The monoisotopic (exact) mass is 223 g/mol. The van der Waals surface area contributed by atoms with Crippen LogP contribution in [0.25, 0.3) is 0 Å². The number of carbonyl (C=O) groups is 1. The van der Waals surface area contributed by atoms with Gasteiger partial charge in [-0.15, -0.1) is 0 Å². The Hall–Kier alpha value is -1.58. The van der Waals surface area contributed by atoms with Crippen LogP contribution in [0.4, 0.5) is 10.1 Å². The smallest absolute Gasteiger partial charge is 0.211 e.